The minimum atomic E-state index is -3.34. The normalized spacial score (nSPS) is 26.2. The SMILES string of the molecule is CC(C)C(=O)N1CC2(CC2)C(NS(C)(=O)=O)C1Cc1cccc(CC2CC2)c1. The van der Waals surface area contributed by atoms with Gasteiger partial charge in [-0.25, -0.2) is 13.1 Å². The van der Waals surface area contributed by atoms with Crippen molar-refractivity contribution in [2.45, 2.75) is 64.5 Å². The fourth-order valence-corrected chi connectivity index (χ4v) is 5.66. The Hall–Kier alpha value is -1.40. The molecule has 28 heavy (non-hydrogen) atoms. The average Bonchev–Trinajstić information content (AvgIpc) is 3.51. The summed E-state index contributed by atoms with van der Waals surface area (Å²) in [6.45, 7) is 4.52. The van der Waals surface area contributed by atoms with Crippen molar-refractivity contribution < 1.29 is 13.2 Å². The first kappa shape index (κ1) is 19.9. The third kappa shape index (κ3) is 4.28. The molecule has 4 rings (SSSR count). The molecule has 6 heteroatoms. The molecule has 1 N–H and O–H groups in total. The minimum absolute atomic E-state index is 0.0794. The molecule has 154 valence electrons. The van der Waals surface area contributed by atoms with Crippen LogP contribution >= 0.6 is 0 Å². The predicted molar refractivity (Wildman–Crippen MR) is 110 cm³/mol. The van der Waals surface area contributed by atoms with Crippen LogP contribution in [0.4, 0.5) is 0 Å². The molecule has 0 radical (unpaired) electrons. The number of benzene rings is 1. The van der Waals surface area contributed by atoms with E-state index in [1.807, 2.05) is 18.7 Å². The smallest absolute Gasteiger partial charge is 0.225 e. The first-order valence-electron chi connectivity index (χ1n) is 10.5. The monoisotopic (exact) mass is 404 g/mol. The molecule has 2 unspecified atom stereocenters. The van der Waals surface area contributed by atoms with Crippen LogP contribution in [0.5, 0.6) is 0 Å². The molecule has 1 heterocycles. The van der Waals surface area contributed by atoms with E-state index in [-0.39, 0.29) is 29.3 Å². The summed E-state index contributed by atoms with van der Waals surface area (Å²) in [6, 6.07) is 8.33. The van der Waals surface area contributed by atoms with E-state index in [0.29, 0.717) is 13.0 Å². The molecule has 1 amide bonds. The molecule has 1 spiro atoms. The van der Waals surface area contributed by atoms with Crippen molar-refractivity contribution in [3.8, 4) is 0 Å². The summed E-state index contributed by atoms with van der Waals surface area (Å²) in [5.74, 6) is 0.870. The number of amides is 1. The van der Waals surface area contributed by atoms with Crippen LogP contribution in [0.1, 0.15) is 50.7 Å². The van der Waals surface area contributed by atoms with Crippen LogP contribution in [0.15, 0.2) is 24.3 Å². The number of carbonyl (C=O) groups is 1. The summed E-state index contributed by atoms with van der Waals surface area (Å²) in [6.07, 6.45) is 7.68. The van der Waals surface area contributed by atoms with Gasteiger partial charge in [0.05, 0.1) is 12.3 Å². The maximum absolute atomic E-state index is 12.9. The fraction of sp³-hybridized carbons (Fsp3) is 0.682. The lowest BCUT2D eigenvalue weighted by molar-refractivity contribution is -0.135. The number of hydrogen-bond acceptors (Lipinski definition) is 3. The molecule has 3 aliphatic rings. The lowest BCUT2D eigenvalue weighted by atomic mass is 9.92. The van der Waals surface area contributed by atoms with Crippen LogP contribution in [-0.2, 0) is 27.7 Å². The van der Waals surface area contributed by atoms with Gasteiger partial charge >= 0.3 is 0 Å². The van der Waals surface area contributed by atoms with Crippen LogP contribution in [-0.4, -0.2) is 44.1 Å². The molecule has 0 bridgehead atoms. The Balaban J connectivity index is 1.61. The van der Waals surface area contributed by atoms with Crippen molar-refractivity contribution in [3.05, 3.63) is 35.4 Å². The quantitative estimate of drug-likeness (QED) is 0.760. The van der Waals surface area contributed by atoms with Gasteiger partial charge in [-0.3, -0.25) is 4.79 Å². The van der Waals surface area contributed by atoms with Crippen molar-refractivity contribution in [1.82, 2.24) is 9.62 Å². The Labute approximate surface area is 168 Å². The number of hydrogen-bond donors (Lipinski definition) is 1. The number of nitrogens with one attached hydrogen (secondary N) is 1. The summed E-state index contributed by atoms with van der Waals surface area (Å²) in [5, 5.41) is 0. The maximum Gasteiger partial charge on any atom is 0.225 e. The molecule has 2 aliphatic carbocycles. The van der Waals surface area contributed by atoms with E-state index in [1.54, 1.807) is 0 Å². The second-order valence-corrected chi connectivity index (χ2v) is 11.4. The summed E-state index contributed by atoms with van der Waals surface area (Å²) in [5.41, 5.74) is 2.47. The summed E-state index contributed by atoms with van der Waals surface area (Å²) in [7, 11) is -3.34. The van der Waals surface area contributed by atoms with Crippen molar-refractivity contribution in [1.29, 1.82) is 0 Å². The summed E-state index contributed by atoms with van der Waals surface area (Å²) >= 11 is 0. The zero-order chi connectivity index (χ0) is 20.1. The van der Waals surface area contributed by atoms with Gasteiger partial charge in [-0.15, -0.1) is 0 Å². The van der Waals surface area contributed by atoms with E-state index in [1.165, 1.54) is 30.2 Å². The third-order valence-corrected chi connectivity index (χ3v) is 7.28. The van der Waals surface area contributed by atoms with E-state index in [9.17, 15) is 13.2 Å². The van der Waals surface area contributed by atoms with Gasteiger partial charge in [0.2, 0.25) is 15.9 Å². The first-order valence-corrected chi connectivity index (χ1v) is 12.4. The Morgan fingerprint density at radius 3 is 2.39 bits per heavy atom. The highest BCUT2D eigenvalue weighted by molar-refractivity contribution is 7.88. The molecule has 1 aromatic carbocycles. The molecule has 1 saturated heterocycles. The van der Waals surface area contributed by atoms with Crippen molar-refractivity contribution in [2.24, 2.45) is 17.3 Å². The third-order valence-electron chi connectivity index (χ3n) is 6.60. The van der Waals surface area contributed by atoms with Crippen molar-refractivity contribution in [2.75, 3.05) is 12.8 Å². The zero-order valence-corrected chi connectivity index (χ0v) is 18.0. The van der Waals surface area contributed by atoms with Gasteiger partial charge in [0.1, 0.15) is 0 Å². The Morgan fingerprint density at radius 1 is 1.21 bits per heavy atom. The van der Waals surface area contributed by atoms with E-state index in [2.05, 4.69) is 29.0 Å². The minimum Gasteiger partial charge on any atom is -0.337 e. The standard InChI is InChI=1S/C22H32N2O3S/c1-15(2)21(25)24-14-22(9-10-22)20(23-28(3,26)27)19(24)13-18-6-4-5-17(12-18)11-16-7-8-16/h4-6,12,15-16,19-20,23H,7-11,13-14H2,1-3H3. The molecule has 1 aliphatic heterocycles. The lowest BCUT2D eigenvalue weighted by Crippen LogP contribution is -2.50. The van der Waals surface area contributed by atoms with Crippen molar-refractivity contribution in [3.63, 3.8) is 0 Å². The van der Waals surface area contributed by atoms with Gasteiger partial charge in [0.15, 0.2) is 0 Å². The van der Waals surface area contributed by atoms with Gasteiger partial charge in [-0.1, -0.05) is 38.1 Å². The van der Waals surface area contributed by atoms with Gasteiger partial charge in [-0.2, -0.15) is 0 Å². The Bertz CT molecular complexity index is 856. The molecular formula is C22H32N2O3S. The molecular weight excluding hydrogens is 372 g/mol. The number of carbonyl (C=O) groups excluding carboxylic acids is 1. The molecule has 2 saturated carbocycles. The maximum atomic E-state index is 12.9. The van der Waals surface area contributed by atoms with Crippen molar-refractivity contribution >= 4 is 15.9 Å². The largest absolute Gasteiger partial charge is 0.337 e. The van der Waals surface area contributed by atoms with Crippen LogP contribution in [0.2, 0.25) is 0 Å². The molecule has 0 aromatic heterocycles. The number of sulfonamides is 1. The van der Waals surface area contributed by atoms with Crippen LogP contribution in [0, 0.1) is 17.3 Å². The van der Waals surface area contributed by atoms with Crippen LogP contribution in [0.3, 0.4) is 0 Å². The van der Waals surface area contributed by atoms with E-state index >= 15 is 0 Å². The van der Waals surface area contributed by atoms with Crippen LogP contribution in [0.25, 0.3) is 0 Å². The summed E-state index contributed by atoms with van der Waals surface area (Å²) in [4.78, 5) is 14.9. The molecule has 1 aromatic rings. The van der Waals surface area contributed by atoms with Crippen LogP contribution < -0.4 is 4.72 Å². The van der Waals surface area contributed by atoms with E-state index in [4.69, 9.17) is 0 Å². The number of rotatable bonds is 7. The van der Waals surface area contributed by atoms with Gasteiger partial charge in [0, 0.05) is 23.9 Å². The van der Waals surface area contributed by atoms with E-state index in [0.717, 1.165) is 25.2 Å². The van der Waals surface area contributed by atoms with E-state index < -0.39 is 10.0 Å². The fourth-order valence-electron chi connectivity index (χ4n) is 4.79. The van der Waals surface area contributed by atoms with Gasteiger partial charge < -0.3 is 4.90 Å². The number of nitrogens with zero attached hydrogens (tertiary/aromatic N) is 1. The molecule has 2 atom stereocenters. The predicted octanol–water partition coefficient (Wildman–Crippen LogP) is 2.75. The second kappa shape index (κ2) is 7.13. The topological polar surface area (TPSA) is 66.5 Å². The Morgan fingerprint density at radius 2 is 1.86 bits per heavy atom. The molecule has 5 nitrogen and oxygen atoms in total. The van der Waals surface area contributed by atoms with Gasteiger partial charge in [-0.05, 0) is 55.6 Å². The highest BCUT2D eigenvalue weighted by atomic mass is 32.2. The number of likely N-dealkylation sites (tertiary alicyclic amines) is 1. The highest BCUT2D eigenvalue weighted by Crippen LogP contribution is 2.55. The average molecular weight is 405 g/mol. The second-order valence-electron chi connectivity index (χ2n) is 9.59. The van der Waals surface area contributed by atoms with Gasteiger partial charge in [0.25, 0.3) is 0 Å². The first-order chi connectivity index (χ1) is 13.2. The zero-order valence-electron chi connectivity index (χ0n) is 17.1. The summed E-state index contributed by atoms with van der Waals surface area (Å²) < 4.78 is 27.1. The molecule has 3 fully saturated rings. The lowest BCUT2D eigenvalue weighted by Gasteiger charge is -2.30. The highest BCUT2D eigenvalue weighted by Gasteiger charge is 2.61. The Kier molecular flexibility index (Phi) is 5.07.